The average Bonchev–Trinajstić information content (AvgIpc) is 3.11. The predicted molar refractivity (Wildman–Crippen MR) is 78.4 cm³/mol. The first-order valence-corrected chi connectivity index (χ1v) is 7.74. The number of anilines is 1. The highest BCUT2D eigenvalue weighted by Gasteiger charge is 2.53. The number of esters is 1. The van der Waals surface area contributed by atoms with Crippen LogP contribution in [0.4, 0.5) is 5.82 Å². The summed E-state index contributed by atoms with van der Waals surface area (Å²) >= 11 is 0. The number of aromatic nitrogens is 2. The molecular weight excluding hydrogens is 284 g/mol. The Morgan fingerprint density at radius 3 is 3.14 bits per heavy atom. The largest absolute Gasteiger partial charge is 0.461 e. The van der Waals surface area contributed by atoms with E-state index in [1.807, 2.05) is 0 Å². The molecule has 0 N–H and O–H groups in total. The Morgan fingerprint density at radius 2 is 2.36 bits per heavy atom. The van der Waals surface area contributed by atoms with Gasteiger partial charge in [-0.3, -0.25) is 4.98 Å². The third kappa shape index (κ3) is 2.08. The van der Waals surface area contributed by atoms with Crippen molar-refractivity contribution in [3.8, 4) is 0 Å². The van der Waals surface area contributed by atoms with E-state index in [0.29, 0.717) is 18.1 Å². The van der Waals surface area contributed by atoms with Crippen molar-refractivity contribution in [1.29, 1.82) is 0 Å². The van der Waals surface area contributed by atoms with Crippen molar-refractivity contribution in [2.24, 2.45) is 11.0 Å². The SMILES string of the molecule is CCOC(=O)C1=NN(c2cnccn2)C2C3CCC(CC12)O3. The predicted octanol–water partition coefficient (Wildman–Crippen LogP) is 1.15. The number of carbonyl (C=O) groups excluding carboxylic acids is 1. The quantitative estimate of drug-likeness (QED) is 0.780. The molecule has 0 amide bonds. The molecule has 2 bridgehead atoms. The lowest BCUT2D eigenvalue weighted by atomic mass is 9.87. The molecule has 0 aromatic carbocycles. The zero-order valence-electron chi connectivity index (χ0n) is 12.4. The Balaban J connectivity index is 1.71. The minimum atomic E-state index is -0.329. The molecule has 0 saturated carbocycles. The molecule has 3 aliphatic rings. The fraction of sp³-hybridized carbons (Fsp3) is 0.600. The molecule has 0 aliphatic carbocycles. The van der Waals surface area contributed by atoms with Crippen LogP contribution in [0.3, 0.4) is 0 Å². The van der Waals surface area contributed by atoms with Gasteiger partial charge in [0.05, 0.1) is 31.1 Å². The molecule has 2 saturated heterocycles. The van der Waals surface area contributed by atoms with Crippen LogP contribution >= 0.6 is 0 Å². The summed E-state index contributed by atoms with van der Waals surface area (Å²) in [5, 5.41) is 6.33. The van der Waals surface area contributed by atoms with E-state index in [9.17, 15) is 4.79 Å². The van der Waals surface area contributed by atoms with E-state index >= 15 is 0 Å². The van der Waals surface area contributed by atoms with E-state index in [4.69, 9.17) is 9.47 Å². The topological polar surface area (TPSA) is 76.9 Å². The van der Waals surface area contributed by atoms with Crippen LogP contribution in [0.2, 0.25) is 0 Å². The maximum Gasteiger partial charge on any atom is 0.354 e. The zero-order valence-corrected chi connectivity index (χ0v) is 12.4. The van der Waals surface area contributed by atoms with Crippen molar-refractivity contribution in [3.05, 3.63) is 18.6 Å². The molecule has 7 heteroatoms. The summed E-state index contributed by atoms with van der Waals surface area (Å²) in [7, 11) is 0. The van der Waals surface area contributed by atoms with E-state index in [1.165, 1.54) is 0 Å². The number of ether oxygens (including phenoxy) is 2. The van der Waals surface area contributed by atoms with Crippen molar-refractivity contribution in [3.63, 3.8) is 0 Å². The molecule has 1 aromatic rings. The van der Waals surface area contributed by atoms with Gasteiger partial charge in [-0.2, -0.15) is 5.10 Å². The molecule has 0 spiro atoms. The first-order chi connectivity index (χ1) is 10.8. The van der Waals surface area contributed by atoms with Crippen LogP contribution in [0.25, 0.3) is 0 Å². The number of hydrazone groups is 1. The molecule has 4 rings (SSSR count). The number of rotatable bonds is 3. The van der Waals surface area contributed by atoms with E-state index in [-0.39, 0.29) is 30.1 Å². The second-order valence-corrected chi connectivity index (χ2v) is 5.82. The van der Waals surface area contributed by atoms with Gasteiger partial charge in [0.15, 0.2) is 11.5 Å². The molecule has 116 valence electrons. The fourth-order valence-electron chi connectivity index (χ4n) is 3.71. The highest BCUT2D eigenvalue weighted by Crippen LogP contribution is 2.43. The maximum atomic E-state index is 12.3. The monoisotopic (exact) mass is 302 g/mol. The average molecular weight is 302 g/mol. The Labute approximate surface area is 128 Å². The first-order valence-electron chi connectivity index (χ1n) is 7.74. The molecule has 0 radical (unpaired) electrons. The number of nitrogens with zero attached hydrogens (tertiary/aromatic N) is 4. The van der Waals surface area contributed by atoms with Crippen LogP contribution in [0, 0.1) is 5.92 Å². The van der Waals surface area contributed by atoms with Crippen LogP contribution in [-0.4, -0.2) is 46.5 Å². The zero-order chi connectivity index (χ0) is 15.1. The van der Waals surface area contributed by atoms with Gasteiger partial charge in [0.2, 0.25) is 0 Å². The standard InChI is InChI=1S/C15H18N4O3/c1-2-21-15(20)13-10-7-9-3-4-11(22-9)14(10)19(18-13)12-8-16-5-6-17-12/h5-6,8-11,14H,2-4,7H2,1H3. The number of hydrogen-bond donors (Lipinski definition) is 0. The molecule has 2 fully saturated rings. The lowest BCUT2D eigenvalue weighted by Crippen LogP contribution is -2.48. The summed E-state index contributed by atoms with van der Waals surface area (Å²) in [6, 6.07) is 0.00913. The summed E-state index contributed by atoms with van der Waals surface area (Å²) in [5.74, 6) is 0.364. The lowest BCUT2D eigenvalue weighted by molar-refractivity contribution is -0.135. The molecule has 4 heterocycles. The number of carbonyl (C=O) groups is 1. The minimum Gasteiger partial charge on any atom is -0.461 e. The van der Waals surface area contributed by atoms with Crippen molar-refractivity contribution in [2.75, 3.05) is 11.6 Å². The Morgan fingerprint density at radius 1 is 1.45 bits per heavy atom. The summed E-state index contributed by atoms with van der Waals surface area (Å²) in [6.07, 6.45) is 8.08. The van der Waals surface area contributed by atoms with Gasteiger partial charge in [0.25, 0.3) is 0 Å². The van der Waals surface area contributed by atoms with Crippen molar-refractivity contribution < 1.29 is 14.3 Å². The molecule has 7 nitrogen and oxygen atoms in total. The highest BCUT2D eigenvalue weighted by molar-refractivity contribution is 6.38. The second kappa shape index (κ2) is 5.31. The van der Waals surface area contributed by atoms with Gasteiger partial charge in [-0.25, -0.2) is 14.8 Å². The molecule has 1 aromatic heterocycles. The third-order valence-electron chi connectivity index (χ3n) is 4.57. The normalized spacial score (nSPS) is 32.6. The van der Waals surface area contributed by atoms with Gasteiger partial charge < -0.3 is 9.47 Å². The summed E-state index contributed by atoms with van der Waals surface area (Å²) in [5.41, 5.74) is 0.498. The van der Waals surface area contributed by atoms with Gasteiger partial charge in [-0.1, -0.05) is 0 Å². The third-order valence-corrected chi connectivity index (χ3v) is 4.57. The van der Waals surface area contributed by atoms with E-state index in [1.54, 1.807) is 30.5 Å². The van der Waals surface area contributed by atoms with Crippen LogP contribution in [0.5, 0.6) is 0 Å². The Kier molecular flexibility index (Phi) is 3.29. The smallest absolute Gasteiger partial charge is 0.354 e. The fourth-order valence-corrected chi connectivity index (χ4v) is 3.71. The van der Waals surface area contributed by atoms with E-state index in [0.717, 1.165) is 19.3 Å². The van der Waals surface area contributed by atoms with Crippen LogP contribution in [0.15, 0.2) is 23.7 Å². The number of hydrogen-bond acceptors (Lipinski definition) is 7. The van der Waals surface area contributed by atoms with Crippen LogP contribution < -0.4 is 5.01 Å². The van der Waals surface area contributed by atoms with E-state index < -0.39 is 0 Å². The summed E-state index contributed by atoms with van der Waals surface area (Å²) in [4.78, 5) is 20.7. The van der Waals surface area contributed by atoms with Gasteiger partial charge in [0.1, 0.15) is 0 Å². The summed E-state index contributed by atoms with van der Waals surface area (Å²) < 4.78 is 11.2. The molecule has 4 atom stereocenters. The first kappa shape index (κ1) is 13.6. The second-order valence-electron chi connectivity index (χ2n) is 5.82. The van der Waals surface area contributed by atoms with Crippen LogP contribution in [0.1, 0.15) is 26.2 Å². The van der Waals surface area contributed by atoms with Crippen molar-refractivity contribution in [2.45, 2.75) is 44.4 Å². The Bertz CT molecular complexity index is 606. The molecular formula is C15H18N4O3. The molecule has 4 unspecified atom stereocenters. The molecule has 3 aliphatic heterocycles. The Hall–Kier alpha value is -2.02. The number of fused-ring (bicyclic) bond motifs is 4. The molecule has 22 heavy (non-hydrogen) atoms. The maximum absolute atomic E-state index is 12.3. The summed E-state index contributed by atoms with van der Waals surface area (Å²) in [6.45, 7) is 2.16. The van der Waals surface area contributed by atoms with Crippen molar-refractivity contribution in [1.82, 2.24) is 9.97 Å². The van der Waals surface area contributed by atoms with Gasteiger partial charge in [-0.15, -0.1) is 0 Å². The van der Waals surface area contributed by atoms with Crippen LogP contribution in [-0.2, 0) is 14.3 Å². The van der Waals surface area contributed by atoms with Crippen molar-refractivity contribution >= 4 is 17.5 Å². The van der Waals surface area contributed by atoms with Gasteiger partial charge >= 0.3 is 5.97 Å². The van der Waals surface area contributed by atoms with Gasteiger partial charge in [-0.05, 0) is 26.2 Å². The minimum absolute atomic E-state index is 0.00913. The highest BCUT2D eigenvalue weighted by atomic mass is 16.5. The van der Waals surface area contributed by atoms with Gasteiger partial charge in [0, 0.05) is 18.3 Å². The van der Waals surface area contributed by atoms with E-state index in [2.05, 4.69) is 15.1 Å². The lowest BCUT2D eigenvalue weighted by Gasteiger charge is -2.35.